The lowest BCUT2D eigenvalue weighted by atomic mass is 9.98. The van der Waals surface area contributed by atoms with Crippen molar-refractivity contribution >= 4 is 5.91 Å². The fraction of sp³-hybridized carbons (Fsp3) is 0.611. The van der Waals surface area contributed by atoms with E-state index in [1.165, 1.54) is 0 Å². The van der Waals surface area contributed by atoms with Crippen molar-refractivity contribution in [2.45, 2.75) is 43.9 Å². The summed E-state index contributed by atoms with van der Waals surface area (Å²) in [6, 6.07) is 5.90. The van der Waals surface area contributed by atoms with Gasteiger partial charge in [-0.05, 0) is 43.9 Å². The average molecular weight is 334 g/mol. The van der Waals surface area contributed by atoms with Crippen LogP contribution in [0.2, 0.25) is 0 Å². The number of nitrogens with two attached hydrogens (primary N) is 1. The smallest absolute Gasteiger partial charge is 0.254 e. The molecular weight excluding hydrogens is 308 g/mol. The van der Waals surface area contributed by atoms with E-state index >= 15 is 0 Å². The Bertz CT molecular complexity index is 578. The first kappa shape index (κ1) is 17.0. The molecule has 1 amide bonds. The Balaban J connectivity index is 1.78. The van der Waals surface area contributed by atoms with Crippen LogP contribution in [0.25, 0.3) is 0 Å². The molecule has 1 aromatic carbocycles. The van der Waals surface area contributed by atoms with Crippen LogP contribution in [0.15, 0.2) is 18.2 Å². The largest absolute Gasteiger partial charge is 0.493 e. The first-order valence-electron chi connectivity index (χ1n) is 8.54. The molecule has 2 aliphatic heterocycles. The Morgan fingerprint density at radius 3 is 2.50 bits per heavy atom. The quantitative estimate of drug-likeness (QED) is 0.859. The van der Waals surface area contributed by atoms with E-state index in [1.807, 2.05) is 4.90 Å². The highest BCUT2D eigenvalue weighted by atomic mass is 16.5. The van der Waals surface area contributed by atoms with Crippen molar-refractivity contribution < 1.29 is 19.0 Å². The van der Waals surface area contributed by atoms with Crippen LogP contribution >= 0.6 is 0 Å². The lowest BCUT2D eigenvalue weighted by Crippen LogP contribution is -2.48. The second-order valence-corrected chi connectivity index (χ2v) is 6.43. The molecule has 1 aromatic rings. The zero-order chi connectivity index (χ0) is 17.1. The summed E-state index contributed by atoms with van der Waals surface area (Å²) in [6.07, 6.45) is 4.24. The molecule has 2 saturated heterocycles. The summed E-state index contributed by atoms with van der Waals surface area (Å²) < 4.78 is 16.4. The first-order chi connectivity index (χ1) is 11.7. The van der Waals surface area contributed by atoms with E-state index in [9.17, 15) is 4.79 Å². The third-order valence-corrected chi connectivity index (χ3v) is 5.04. The Morgan fingerprint density at radius 2 is 1.92 bits per heavy atom. The van der Waals surface area contributed by atoms with Crippen molar-refractivity contribution in [3.05, 3.63) is 23.8 Å². The van der Waals surface area contributed by atoms with E-state index in [1.54, 1.807) is 32.4 Å². The molecule has 24 heavy (non-hydrogen) atoms. The molecular formula is C18H26N2O4. The first-order valence-corrected chi connectivity index (χ1v) is 8.54. The standard InChI is InChI=1S/C18H26N2O4/c1-22-15-10-13-4-5-14(11-15)20(13)18(21)12-3-6-16(24-8-7-19)17(9-12)23-2/h3,6,9,13-15H,4-5,7-8,10-11,19H2,1-2H3/t13-,14+,15?. The molecule has 3 rings (SSSR count). The fourth-order valence-electron chi connectivity index (χ4n) is 3.89. The number of fused-ring (bicyclic) bond motifs is 2. The number of piperidine rings is 1. The van der Waals surface area contributed by atoms with Crippen LogP contribution in [-0.2, 0) is 4.74 Å². The van der Waals surface area contributed by atoms with Gasteiger partial charge in [-0.25, -0.2) is 0 Å². The lowest BCUT2D eigenvalue weighted by Gasteiger charge is -2.38. The van der Waals surface area contributed by atoms with Crippen molar-refractivity contribution in [2.75, 3.05) is 27.4 Å². The Kier molecular flexibility index (Phi) is 5.26. The number of hydrogen-bond acceptors (Lipinski definition) is 5. The van der Waals surface area contributed by atoms with E-state index < -0.39 is 0 Å². The van der Waals surface area contributed by atoms with E-state index in [4.69, 9.17) is 19.9 Å². The normalized spacial score (nSPS) is 25.6. The van der Waals surface area contributed by atoms with E-state index in [0.717, 1.165) is 25.7 Å². The van der Waals surface area contributed by atoms with Gasteiger partial charge in [-0.2, -0.15) is 0 Å². The van der Waals surface area contributed by atoms with Gasteiger partial charge in [0.1, 0.15) is 6.61 Å². The number of hydrogen-bond donors (Lipinski definition) is 1. The Hall–Kier alpha value is -1.79. The molecule has 0 radical (unpaired) electrons. The molecule has 2 N–H and O–H groups in total. The van der Waals surface area contributed by atoms with Crippen LogP contribution < -0.4 is 15.2 Å². The summed E-state index contributed by atoms with van der Waals surface area (Å²) in [5.41, 5.74) is 6.11. The lowest BCUT2D eigenvalue weighted by molar-refractivity contribution is 0.00821. The molecule has 0 aliphatic carbocycles. The highest BCUT2D eigenvalue weighted by molar-refractivity contribution is 5.95. The van der Waals surface area contributed by atoms with Gasteiger partial charge in [0.25, 0.3) is 5.91 Å². The minimum absolute atomic E-state index is 0.0701. The molecule has 0 spiro atoms. The van der Waals surface area contributed by atoms with Crippen molar-refractivity contribution in [3.63, 3.8) is 0 Å². The molecule has 1 unspecified atom stereocenters. The minimum atomic E-state index is 0.0701. The van der Waals surface area contributed by atoms with Crippen LogP contribution in [-0.4, -0.2) is 56.4 Å². The molecule has 132 valence electrons. The highest BCUT2D eigenvalue weighted by Crippen LogP contribution is 2.38. The van der Waals surface area contributed by atoms with Gasteiger partial charge in [0.15, 0.2) is 11.5 Å². The molecule has 2 heterocycles. The van der Waals surface area contributed by atoms with Crippen LogP contribution in [0.3, 0.4) is 0 Å². The third kappa shape index (κ3) is 3.21. The monoisotopic (exact) mass is 334 g/mol. The predicted molar refractivity (Wildman–Crippen MR) is 90.6 cm³/mol. The fourth-order valence-corrected chi connectivity index (χ4v) is 3.89. The highest BCUT2D eigenvalue weighted by Gasteiger charge is 2.43. The van der Waals surface area contributed by atoms with Gasteiger partial charge in [-0.15, -0.1) is 0 Å². The van der Waals surface area contributed by atoms with Gasteiger partial charge in [-0.3, -0.25) is 4.79 Å². The van der Waals surface area contributed by atoms with E-state index in [2.05, 4.69) is 0 Å². The maximum absolute atomic E-state index is 13.0. The van der Waals surface area contributed by atoms with Crippen molar-refractivity contribution in [3.8, 4) is 11.5 Å². The molecule has 2 fully saturated rings. The number of carbonyl (C=O) groups excluding carboxylic acids is 1. The van der Waals surface area contributed by atoms with Crippen LogP contribution in [0, 0.1) is 0 Å². The zero-order valence-corrected chi connectivity index (χ0v) is 14.4. The molecule has 6 heteroatoms. The van der Waals surface area contributed by atoms with Crippen LogP contribution in [0.5, 0.6) is 11.5 Å². The molecule has 3 atom stereocenters. The van der Waals surface area contributed by atoms with Crippen molar-refractivity contribution in [2.24, 2.45) is 5.73 Å². The van der Waals surface area contributed by atoms with Gasteiger partial charge >= 0.3 is 0 Å². The number of methoxy groups -OCH3 is 2. The second kappa shape index (κ2) is 7.40. The second-order valence-electron chi connectivity index (χ2n) is 6.43. The zero-order valence-electron chi connectivity index (χ0n) is 14.4. The van der Waals surface area contributed by atoms with Gasteiger partial charge < -0.3 is 24.8 Å². The number of benzene rings is 1. The van der Waals surface area contributed by atoms with Gasteiger partial charge in [0, 0.05) is 31.3 Å². The topological polar surface area (TPSA) is 74.0 Å². The van der Waals surface area contributed by atoms with Gasteiger partial charge in [-0.1, -0.05) is 0 Å². The summed E-state index contributed by atoms with van der Waals surface area (Å²) in [4.78, 5) is 15.1. The van der Waals surface area contributed by atoms with Crippen LogP contribution in [0.4, 0.5) is 0 Å². The Labute approximate surface area is 142 Å². The molecule has 6 nitrogen and oxygen atoms in total. The van der Waals surface area contributed by atoms with Crippen molar-refractivity contribution in [1.29, 1.82) is 0 Å². The summed E-state index contributed by atoms with van der Waals surface area (Å²) in [5.74, 6) is 1.25. The number of carbonyl (C=O) groups is 1. The molecule has 2 aliphatic rings. The Morgan fingerprint density at radius 1 is 1.21 bits per heavy atom. The van der Waals surface area contributed by atoms with E-state index in [0.29, 0.717) is 30.2 Å². The number of nitrogens with zero attached hydrogens (tertiary/aromatic N) is 1. The van der Waals surface area contributed by atoms with Gasteiger partial charge in [0.2, 0.25) is 0 Å². The summed E-state index contributed by atoms with van der Waals surface area (Å²) in [5, 5.41) is 0. The number of ether oxygens (including phenoxy) is 3. The number of rotatable bonds is 6. The predicted octanol–water partition coefficient (Wildman–Crippen LogP) is 1.81. The SMILES string of the molecule is COc1cc(C(=O)N2[C@@H]3CC[C@H]2CC(OC)C3)ccc1OCCN. The molecule has 0 aromatic heterocycles. The van der Waals surface area contributed by atoms with Crippen molar-refractivity contribution in [1.82, 2.24) is 4.90 Å². The minimum Gasteiger partial charge on any atom is -0.493 e. The average Bonchev–Trinajstić information content (AvgIpc) is 2.88. The third-order valence-electron chi connectivity index (χ3n) is 5.04. The molecule has 0 saturated carbocycles. The van der Waals surface area contributed by atoms with E-state index in [-0.39, 0.29) is 24.1 Å². The summed E-state index contributed by atoms with van der Waals surface area (Å²) in [6.45, 7) is 0.847. The van der Waals surface area contributed by atoms with Crippen LogP contribution in [0.1, 0.15) is 36.0 Å². The summed E-state index contributed by atoms with van der Waals surface area (Å²) in [7, 11) is 3.33. The molecule has 2 bridgehead atoms. The van der Waals surface area contributed by atoms with Gasteiger partial charge in [0.05, 0.1) is 13.2 Å². The number of amides is 1. The maximum atomic E-state index is 13.0. The maximum Gasteiger partial charge on any atom is 0.254 e. The summed E-state index contributed by atoms with van der Waals surface area (Å²) >= 11 is 0.